The Balaban J connectivity index is 1.90. The van der Waals surface area contributed by atoms with E-state index in [1.54, 1.807) is 13.1 Å². The van der Waals surface area contributed by atoms with Gasteiger partial charge in [0.25, 0.3) is 0 Å². The first-order valence-electron chi connectivity index (χ1n) is 8.03. The maximum atomic E-state index is 11.7. The summed E-state index contributed by atoms with van der Waals surface area (Å²) in [6.07, 6.45) is 1.61. The Labute approximate surface area is 141 Å². The zero-order valence-corrected chi connectivity index (χ0v) is 14.6. The van der Waals surface area contributed by atoms with Crippen LogP contribution in [0.2, 0.25) is 0 Å². The third-order valence-corrected chi connectivity index (χ3v) is 4.59. The van der Waals surface area contributed by atoms with E-state index in [2.05, 4.69) is 9.97 Å². The van der Waals surface area contributed by atoms with Crippen LogP contribution in [0, 0.1) is 0 Å². The Hall–Kier alpha value is -1.99. The van der Waals surface area contributed by atoms with Crippen molar-refractivity contribution >= 4 is 29.5 Å². The number of esters is 1. The molecule has 1 aliphatic rings. The predicted molar refractivity (Wildman–Crippen MR) is 91.2 cm³/mol. The fraction of sp³-hybridized carbons (Fsp3) is 0.471. The molecule has 0 atom stereocenters. The first-order chi connectivity index (χ1) is 11.2. The summed E-state index contributed by atoms with van der Waals surface area (Å²) >= 11 is 0. The molecule has 1 aromatic carbocycles. The first-order valence-corrected chi connectivity index (χ1v) is 8.03. The Kier molecular flexibility index (Phi) is 4.09. The summed E-state index contributed by atoms with van der Waals surface area (Å²) in [6, 6.07) is 5.65. The van der Waals surface area contributed by atoms with Crippen LogP contribution in [-0.4, -0.2) is 40.9 Å². The highest BCUT2D eigenvalue weighted by Gasteiger charge is 2.51. The number of ether oxygens (including phenoxy) is 1. The van der Waals surface area contributed by atoms with E-state index in [0.29, 0.717) is 12.1 Å². The van der Waals surface area contributed by atoms with Crippen molar-refractivity contribution < 1.29 is 18.8 Å². The normalized spacial score (nSPS) is 18.8. The van der Waals surface area contributed by atoms with E-state index in [1.165, 1.54) is 0 Å². The van der Waals surface area contributed by atoms with Gasteiger partial charge in [0.1, 0.15) is 0 Å². The fourth-order valence-corrected chi connectivity index (χ4v) is 2.47. The van der Waals surface area contributed by atoms with E-state index in [-0.39, 0.29) is 5.82 Å². The van der Waals surface area contributed by atoms with E-state index in [0.717, 1.165) is 10.8 Å². The molecule has 24 heavy (non-hydrogen) atoms. The van der Waals surface area contributed by atoms with Crippen LogP contribution in [0.3, 0.4) is 0 Å². The Morgan fingerprint density at radius 1 is 1.21 bits per heavy atom. The molecule has 3 rings (SSSR count). The smallest absolute Gasteiger partial charge is 0.460 e. The molecular formula is C17H21BN2O4. The summed E-state index contributed by atoms with van der Waals surface area (Å²) in [5.74, 6) is -0.456. The van der Waals surface area contributed by atoms with Gasteiger partial charge in [-0.05, 0) is 46.1 Å². The van der Waals surface area contributed by atoms with Crippen LogP contribution in [-0.2, 0) is 14.0 Å². The minimum atomic E-state index is -0.519. The van der Waals surface area contributed by atoms with E-state index in [4.69, 9.17) is 14.0 Å². The van der Waals surface area contributed by atoms with Crippen LogP contribution in [0.4, 0.5) is 0 Å². The molecule has 1 aromatic heterocycles. The lowest BCUT2D eigenvalue weighted by Gasteiger charge is -2.32. The van der Waals surface area contributed by atoms with Gasteiger partial charge in [0.15, 0.2) is 0 Å². The number of rotatable bonds is 3. The molecular weight excluding hydrogens is 307 g/mol. The Bertz CT molecular complexity index is 775. The summed E-state index contributed by atoms with van der Waals surface area (Å²) in [6.45, 7) is 10.1. The quantitative estimate of drug-likeness (QED) is 0.635. The van der Waals surface area contributed by atoms with Crippen LogP contribution < -0.4 is 5.46 Å². The van der Waals surface area contributed by atoms with Gasteiger partial charge >= 0.3 is 13.1 Å². The molecule has 0 N–H and O–H groups in total. The van der Waals surface area contributed by atoms with Crippen LogP contribution >= 0.6 is 0 Å². The lowest BCUT2D eigenvalue weighted by atomic mass is 9.78. The summed E-state index contributed by atoms with van der Waals surface area (Å²) in [4.78, 5) is 20.1. The molecule has 0 spiro atoms. The standard InChI is InChI=1S/C17H21BN2O4/c1-6-22-15(21)14-19-10-11-9-12(7-8-13(11)20-14)18-23-16(2,3)17(4,5)24-18/h7-10H,6H2,1-5H3. The van der Waals surface area contributed by atoms with Gasteiger partial charge in [0.2, 0.25) is 5.82 Å². The number of hydrogen-bond acceptors (Lipinski definition) is 6. The van der Waals surface area contributed by atoms with Crippen molar-refractivity contribution in [2.24, 2.45) is 0 Å². The molecule has 1 saturated heterocycles. The molecule has 126 valence electrons. The van der Waals surface area contributed by atoms with Gasteiger partial charge in [0.05, 0.1) is 23.3 Å². The second-order valence-corrected chi connectivity index (χ2v) is 6.82. The third kappa shape index (κ3) is 2.89. The molecule has 0 saturated carbocycles. The summed E-state index contributed by atoms with van der Waals surface area (Å²) in [5, 5.41) is 0.815. The molecule has 0 amide bonds. The minimum Gasteiger partial charge on any atom is -0.460 e. The zero-order chi connectivity index (χ0) is 17.5. The molecule has 0 unspecified atom stereocenters. The van der Waals surface area contributed by atoms with Crippen molar-refractivity contribution in [1.29, 1.82) is 0 Å². The number of carbonyl (C=O) groups excluding carboxylic acids is 1. The van der Waals surface area contributed by atoms with Gasteiger partial charge in [-0.25, -0.2) is 14.8 Å². The average Bonchev–Trinajstić information content (AvgIpc) is 2.74. The second-order valence-electron chi connectivity index (χ2n) is 6.82. The number of benzene rings is 1. The molecule has 2 heterocycles. The maximum absolute atomic E-state index is 11.7. The molecule has 7 heteroatoms. The van der Waals surface area contributed by atoms with Crippen molar-refractivity contribution in [2.45, 2.75) is 45.8 Å². The average molecular weight is 328 g/mol. The SMILES string of the molecule is CCOC(=O)c1ncc2cc(B3OC(C)(C)C(C)(C)O3)ccc2n1. The van der Waals surface area contributed by atoms with E-state index in [1.807, 2.05) is 45.9 Å². The summed E-state index contributed by atoms with van der Waals surface area (Å²) in [7, 11) is -0.441. The number of nitrogens with zero attached hydrogens (tertiary/aromatic N) is 2. The van der Waals surface area contributed by atoms with Crippen LogP contribution in [0.15, 0.2) is 24.4 Å². The lowest BCUT2D eigenvalue weighted by molar-refractivity contribution is 0.00578. The monoisotopic (exact) mass is 328 g/mol. The highest BCUT2D eigenvalue weighted by atomic mass is 16.7. The molecule has 1 aliphatic heterocycles. The maximum Gasteiger partial charge on any atom is 0.494 e. The first kappa shape index (κ1) is 16.9. The molecule has 1 fully saturated rings. The number of hydrogen-bond donors (Lipinski definition) is 0. The molecule has 0 bridgehead atoms. The number of carbonyl (C=O) groups is 1. The van der Waals surface area contributed by atoms with E-state index < -0.39 is 24.3 Å². The number of aromatic nitrogens is 2. The van der Waals surface area contributed by atoms with Crippen molar-refractivity contribution in [3.05, 3.63) is 30.2 Å². The molecule has 0 aliphatic carbocycles. The Morgan fingerprint density at radius 2 is 1.88 bits per heavy atom. The van der Waals surface area contributed by atoms with Crippen molar-refractivity contribution in [1.82, 2.24) is 9.97 Å². The van der Waals surface area contributed by atoms with Gasteiger partial charge in [-0.1, -0.05) is 12.1 Å². The van der Waals surface area contributed by atoms with Crippen LogP contribution in [0.1, 0.15) is 45.2 Å². The van der Waals surface area contributed by atoms with E-state index in [9.17, 15) is 4.79 Å². The topological polar surface area (TPSA) is 70.5 Å². The van der Waals surface area contributed by atoms with Gasteiger partial charge in [-0.15, -0.1) is 0 Å². The van der Waals surface area contributed by atoms with Gasteiger partial charge in [-0.3, -0.25) is 0 Å². The predicted octanol–water partition coefficient (Wildman–Crippen LogP) is 2.11. The molecule has 2 aromatic rings. The highest BCUT2D eigenvalue weighted by Crippen LogP contribution is 2.36. The fourth-order valence-electron chi connectivity index (χ4n) is 2.47. The van der Waals surface area contributed by atoms with Crippen molar-refractivity contribution in [3.63, 3.8) is 0 Å². The van der Waals surface area contributed by atoms with Gasteiger partial charge < -0.3 is 14.0 Å². The Morgan fingerprint density at radius 3 is 2.50 bits per heavy atom. The van der Waals surface area contributed by atoms with E-state index >= 15 is 0 Å². The lowest BCUT2D eigenvalue weighted by Crippen LogP contribution is -2.41. The van der Waals surface area contributed by atoms with Crippen molar-refractivity contribution in [2.75, 3.05) is 6.61 Å². The highest BCUT2D eigenvalue weighted by molar-refractivity contribution is 6.62. The third-order valence-electron chi connectivity index (χ3n) is 4.59. The van der Waals surface area contributed by atoms with Crippen LogP contribution in [0.25, 0.3) is 10.9 Å². The number of fused-ring (bicyclic) bond motifs is 1. The molecule has 0 radical (unpaired) electrons. The summed E-state index contributed by atoms with van der Waals surface area (Å²) < 4.78 is 17.0. The van der Waals surface area contributed by atoms with Crippen molar-refractivity contribution in [3.8, 4) is 0 Å². The summed E-state index contributed by atoms with van der Waals surface area (Å²) in [5.41, 5.74) is 0.787. The second kappa shape index (κ2) is 5.83. The van der Waals surface area contributed by atoms with Gasteiger partial charge in [-0.2, -0.15) is 0 Å². The molecule has 6 nitrogen and oxygen atoms in total. The largest absolute Gasteiger partial charge is 0.494 e. The zero-order valence-electron chi connectivity index (χ0n) is 14.6. The van der Waals surface area contributed by atoms with Crippen LogP contribution in [0.5, 0.6) is 0 Å². The minimum absolute atomic E-state index is 0.0627. The van der Waals surface area contributed by atoms with Gasteiger partial charge in [0, 0.05) is 11.6 Å².